The van der Waals surface area contributed by atoms with Crippen LogP contribution >= 0.6 is 22.6 Å². The summed E-state index contributed by atoms with van der Waals surface area (Å²) in [5.41, 5.74) is 4.91. The number of nitrogens with zero attached hydrogens (tertiary/aromatic N) is 2. The largest absolute Gasteiger partial charge is 0.573 e. The summed E-state index contributed by atoms with van der Waals surface area (Å²) in [7, 11) is 0. The second-order valence-electron chi connectivity index (χ2n) is 2.37. The van der Waals surface area contributed by atoms with E-state index in [9.17, 15) is 13.2 Å². The maximum atomic E-state index is 11.9. The zero-order valence-corrected chi connectivity index (χ0v) is 9.13. The Hall–Kier alpha value is -1.24. The molecule has 1 rings (SSSR count). The summed E-state index contributed by atoms with van der Waals surface area (Å²) >= 11 is 1.70. The molecule has 1 heterocycles. The number of rotatable bonds is 1. The Kier molecular flexibility index (Phi) is 3.23. The standard InChI is InChI=1S/C7H3F3IN3O/c8-7(9,10)15-5-1-3(13)6(11)14-4(5)2-12/h1H,13H2. The number of anilines is 1. The van der Waals surface area contributed by atoms with Crippen LogP contribution in [-0.2, 0) is 0 Å². The first kappa shape index (κ1) is 11.8. The first-order chi connectivity index (χ1) is 6.83. The monoisotopic (exact) mass is 329 g/mol. The number of nitrogen functional groups attached to an aromatic ring is 1. The predicted octanol–water partition coefficient (Wildman–Crippen LogP) is 2.04. The van der Waals surface area contributed by atoms with Gasteiger partial charge in [-0.15, -0.1) is 13.2 Å². The highest BCUT2D eigenvalue weighted by molar-refractivity contribution is 14.1. The van der Waals surface area contributed by atoms with Crippen LogP contribution in [0, 0.1) is 15.0 Å². The number of ether oxygens (including phenoxy) is 1. The highest BCUT2D eigenvalue weighted by atomic mass is 127. The minimum Gasteiger partial charge on any atom is -0.403 e. The van der Waals surface area contributed by atoms with Crippen LogP contribution in [0.1, 0.15) is 5.69 Å². The van der Waals surface area contributed by atoms with Gasteiger partial charge in [-0.1, -0.05) is 0 Å². The van der Waals surface area contributed by atoms with E-state index in [0.29, 0.717) is 0 Å². The number of nitriles is 1. The molecule has 80 valence electrons. The van der Waals surface area contributed by atoms with Crippen LogP contribution in [0.3, 0.4) is 0 Å². The van der Waals surface area contributed by atoms with Crippen LogP contribution in [0.25, 0.3) is 0 Å². The minimum atomic E-state index is -4.87. The van der Waals surface area contributed by atoms with Crippen LogP contribution in [0.5, 0.6) is 5.75 Å². The van der Waals surface area contributed by atoms with E-state index in [1.165, 1.54) is 6.07 Å². The molecule has 4 nitrogen and oxygen atoms in total. The summed E-state index contributed by atoms with van der Waals surface area (Å²) in [5.74, 6) is -0.692. The second kappa shape index (κ2) is 4.09. The lowest BCUT2D eigenvalue weighted by atomic mass is 10.3. The van der Waals surface area contributed by atoms with Gasteiger partial charge in [0.2, 0.25) is 0 Å². The molecule has 8 heteroatoms. The van der Waals surface area contributed by atoms with Crippen molar-refractivity contribution in [2.45, 2.75) is 6.36 Å². The molecule has 0 aliphatic rings. The fraction of sp³-hybridized carbons (Fsp3) is 0.143. The fourth-order valence-corrected chi connectivity index (χ4v) is 1.17. The van der Waals surface area contributed by atoms with Crippen LogP contribution in [-0.4, -0.2) is 11.3 Å². The van der Waals surface area contributed by atoms with Crippen LogP contribution in [0.4, 0.5) is 18.9 Å². The molecule has 1 aromatic heterocycles. The molecule has 0 amide bonds. The number of hydrogen-bond acceptors (Lipinski definition) is 4. The zero-order valence-electron chi connectivity index (χ0n) is 6.97. The Morgan fingerprint density at radius 2 is 2.13 bits per heavy atom. The van der Waals surface area contributed by atoms with Gasteiger partial charge in [-0.3, -0.25) is 0 Å². The van der Waals surface area contributed by atoms with Gasteiger partial charge in [-0.05, 0) is 22.6 Å². The number of hydrogen-bond donors (Lipinski definition) is 1. The Morgan fingerprint density at radius 1 is 1.53 bits per heavy atom. The molecule has 0 radical (unpaired) electrons. The van der Waals surface area contributed by atoms with Crippen molar-refractivity contribution < 1.29 is 17.9 Å². The second-order valence-corrected chi connectivity index (χ2v) is 3.40. The summed E-state index contributed by atoms with van der Waals surface area (Å²) in [6, 6.07) is 2.41. The topological polar surface area (TPSA) is 71.9 Å². The Balaban J connectivity index is 3.18. The lowest BCUT2D eigenvalue weighted by Crippen LogP contribution is -2.18. The highest BCUT2D eigenvalue weighted by Gasteiger charge is 2.32. The summed E-state index contributed by atoms with van der Waals surface area (Å²) in [6.07, 6.45) is -4.87. The molecule has 0 saturated carbocycles. The van der Waals surface area contributed by atoms with E-state index in [1.807, 2.05) is 0 Å². The smallest absolute Gasteiger partial charge is 0.403 e. The van der Waals surface area contributed by atoms with Gasteiger partial charge < -0.3 is 10.5 Å². The third kappa shape index (κ3) is 3.12. The van der Waals surface area contributed by atoms with Crippen LogP contribution in [0.2, 0.25) is 0 Å². The summed E-state index contributed by atoms with van der Waals surface area (Å²) < 4.78 is 39.5. The van der Waals surface area contributed by atoms with Gasteiger partial charge in [-0.2, -0.15) is 5.26 Å². The molecule has 0 aliphatic heterocycles. The van der Waals surface area contributed by atoms with Gasteiger partial charge in [0.15, 0.2) is 11.4 Å². The summed E-state index contributed by atoms with van der Waals surface area (Å²) in [4.78, 5) is 3.55. The zero-order chi connectivity index (χ0) is 11.6. The molecule has 2 N–H and O–H groups in total. The van der Waals surface area contributed by atoms with E-state index in [0.717, 1.165) is 6.07 Å². The molecule has 1 aromatic rings. The molecule has 0 saturated heterocycles. The van der Waals surface area contributed by atoms with Gasteiger partial charge in [0.05, 0.1) is 5.69 Å². The Morgan fingerprint density at radius 3 is 2.60 bits per heavy atom. The van der Waals surface area contributed by atoms with Gasteiger partial charge in [0.1, 0.15) is 9.77 Å². The number of pyridine rings is 1. The van der Waals surface area contributed by atoms with Gasteiger partial charge >= 0.3 is 6.36 Å². The minimum absolute atomic E-state index is 0.0221. The third-order valence-electron chi connectivity index (χ3n) is 1.30. The number of nitrogens with two attached hydrogens (primary N) is 1. The van der Waals surface area contributed by atoms with Crippen molar-refractivity contribution in [3.8, 4) is 11.8 Å². The number of aromatic nitrogens is 1. The van der Waals surface area contributed by atoms with E-state index in [4.69, 9.17) is 11.0 Å². The lowest BCUT2D eigenvalue weighted by Gasteiger charge is -2.10. The quantitative estimate of drug-likeness (QED) is 0.632. The summed E-state index contributed by atoms with van der Waals surface area (Å²) in [5, 5.41) is 8.53. The molecular weight excluding hydrogens is 326 g/mol. The molecular formula is C7H3F3IN3O. The van der Waals surface area contributed by atoms with Gasteiger partial charge in [0, 0.05) is 6.07 Å². The number of alkyl halides is 3. The molecule has 0 spiro atoms. The Labute approximate surface area is 96.0 Å². The van der Waals surface area contributed by atoms with E-state index >= 15 is 0 Å². The fourth-order valence-electron chi connectivity index (χ4n) is 0.770. The maximum Gasteiger partial charge on any atom is 0.573 e. The normalized spacial score (nSPS) is 10.9. The van der Waals surface area contributed by atoms with Crippen LogP contribution in [0.15, 0.2) is 6.07 Å². The first-order valence-corrected chi connectivity index (χ1v) is 4.53. The molecule has 0 aromatic carbocycles. The maximum absolute atomic E-state index is 11.9. The van der Waals surface area contributed by atoms with Gasteiger partial charge in [-0.25, -0.2) is 4.98 Å². The predicted molar refractivity (Wildman–Crippen MR) is 52.8 cm³/mol. The SMILES string of the molecule is N#Cc1nc(I)c(N)cc1OC(F)(F)F. The van der Waals surface area contributed by atoms with Crippen molar-refractivity contribution in [1.82, 2.24) is 4.98 Å². The van der Waals surface area contributed by atoms with E-state index in [2.05, 4.69) is 9.72 Å². The van der Waals surface area contributed by atoms with E-state index in [1.54, 1.807) is 22.6 Å². The first-order valence-electron chi connectivity index (χ1n) is 3.45. The third-order valence-corrected chi connectivity index (χ3v) is 2.16. The molecule has 0 bridgehead atoms. The average Bonchev–Trinajstić information content (AvgIpc) is 2.08. The van der Waals surface area contributed by atoms with Gasteiger partial charge in [0.25, 0.3) is 0 Å². The van der Waals surface area contributed by atoms with Crippen molar-refractivity contribution in [2.75, 3.05) is 5.73 Å². The molecule has 0 aliphatic carbocycles. The van der Waals surface area contributed by atoms with Crippen molar-refractivity contribution in [1.29, 1.82) is 5.26 Å². The van der Waals surface area contributed by atoms with Crippen molar-refractivity contribution >= 4 is 28.3 Å². The van der Waals surface area contributed by atoms with Crippen molar-refractivity contribution in [3.05, 3.63) is 15.5 Å². The molecule has 0 unspecified atom stereocenters. The average molecular weight is 329 g/mol. The summed E-state index contributed by atoms with van der Waals surface area (Å²) in [6.45, 7) is 0. The molecule has 15 heavy (non-hydrogen) atoms. The van der Waals surface area contributed by atoms with E-state index in [-0.39, 0.29) is 9.39 Å². The number of halogens is 4. The molecule has 0 fully saturated rings. The van der Waals surface area contributed by atoms with Crippen molar-refractivity contribution in [3.63, 3.8) is 0 Å². The lowest BCUT2D eigenvalue weighted by molar-refractivity contribution is -0.274. The molecule has 0 atom stereocenters. The Bertz CT molecular complexity index is 427. The van der Waals surface area contributed by atoms with Crippen molar-refractivity contribution in [2.24, 2.45) is 0 Å². The van der Waals surface area contributed by atoms with Crippen LogP contribution < -0.4 is 10.5 Å². The van der Waals surface area contributed by atoms with E-state index < -0.39 is 17.8 Å². The highest BCUT2D eigenvalue weighted by Crippen LogP contribution is 2.28.